The summed E-state index contributed by atoms with van der Waals surface area (Å²) in [6, 6.07) is 12.2. The maximum absolute atomic E-state index is 13.9. The van der Waals surface area contributed by atoms with Gasteiger partial charge in [0.05, 0.1) is 19.8 Å². The third-order valence-electron chi connectivity index (χ3n) is 7.32. The highest BCUT2D eigenvalue weighted by atomic mass is 19.2. The molecule has 7 nitrogen and oxygen atoms in total. The van der Waals surface area contributed by atoms with Crippen LogP contribution in [0.2, 0.25) is 0 Å². The van der Waals surface area contributed by atoms with Gasteiger partial charge in [0, 0.05) is 41.5 Å². The van der Waals surface area contributed by atoms with Gasteiger partial charge in [0.15, 0.2) is 29.1 Å². The Bertz CT molecular complexity index is 1560. The predicted octanol–water partition coefficient (Wildman–Crippen LogP) is 5.14. The fraction of sp³-hybridized carbons (Fsp3) is 0.242. The van der Waals surface area contributed by atoms with Gasteiger partial charge in [-0.1, -0.05) is 12.1 Å². The van der Waals surface area contributed by atoms with Crippen LogP contribution in [0.25, 0.3) is 12.2 Å². The van der Waals surface area contributed by atoms with Crippen LogP contribution in [0.5, 0.6) is 0 Å². The quantitative estimate of drug-likeness (QED) is 0.287. The molecule has 1 saturated carbocycles. The summed E-state index contributed by atoms with van der Waals surface area (Å²) in [5.41, 5.74) is 1.77. The van der Waals surface area contributed by atoms with Crippen LogP contribution in [0.3, 0.4) is 0 Å². The number of ether oxygens (including phenoxy) is 1. The molecule has 0 aromatic heterocycles. The first-order chi connectivity index (χ1) is 21.1. The van der Waals surface area contributed by atoms with Crippen molar-refractivity contribution in [3.63, 3.8) is 0 Å². The summed E-state index contributed by atoms with van der Waals surface area (Å²) < 4.78 is 59.9. The van der Waals surface area contributed by atoms with Gasteiger partial charge in [-0.25, -0.2) is 17.6 Å². The fourth-order valence-corrected chi connectivity index (χ4v) is 5.09. The number of hydrogen-bond acceptors (Lipinski definition) is 5. The molecule has 2 amide bonds. The molecule has 1 heterocycles. The summed E-state index contributed by atoms with van der Waals surface area (Å²) >= 11 is 0. The van der Waals surface area contributed by atoms with Crippen LogP contribution in [-0.4, -0.2) is 61.4 Å². The molecule has 0 spiro atoms. The smallest absolute Gasteiger partial charge is 0.251 e. The van der Waals surface area contributed by atoms with E-state index in [4.69, 9.17) is 4.74 Å². The lowest BCUT2D eigenvalue weighted by Crippen LogP contribution is -2.41. The maximum Gasteiger partial charge on any atom is 0.251 e. The largest absolute Gasteiger partial charge is 0.379 e. The standard InChI is InChI=1S/C33H29F4N3O4/c34-27-7-1-20(15-29(27)36)13-23-17-26(18-24(32(23)42)14-21-2-8-28(35)30(37)16-21)39-33(43)22-3-5-25(6-4-22)38-31(41)19-40-9-11-44-12-10-40/h1-8,13-16,26H,9-12,17-19H2,(H,38,41)(H,39,43)/b23-13+,24-14+. The lowest BCUT2D eigenvalue weighted by atomic mass is 9.83. The zero-order chi connectivity index (χ0) is 31.2. The average Bonchev–Trinajstić information content (AvgIpc) is 3.00. The van der Waals surface area contributed by atoms with Gasteiger partial charge < -0.3 is 15.4 Å². The number of Topliss-reactive ketones (excluding diaryl/α,β-unsaturated/α-hetero) is 1. The molecule has 0 atom stereocenters. The second-order valence-corrected chi connectivity index (χ2v) is 10.6. The van der Waals surface area contributed by atoms with Crippen LogP contribution in [0, 0.1) is 23.3 Å². The van der Waals surface area contributed by atoms with E-state index in [0.29, 0.717) is 37.6 Å². The van der Waals surface area contributed by atoms with E-state index in [1.54, 1.807) is 24.3 Å². The number of nitrogens with one attached hydrogen (secondary N) is 2. The van der Waals surface area contributed by atoms with Gasteiger partial charge in [-0.3, -0.25) is 19.3 Å². The van der Waals surface area contributed by atoms with E-state index in [1.807, 2.05) is 4.90 Å². The number of amides is 2. The van der Waals surface area contributed by atoms with Crippen LogP contribution in [0.4, 0.5) is 23.2 Å². The molecule has 0 unspecified atom stereocenters. The van der Waals surface area contributed by atoms with E-state index in [2.05, 4.69) is 10.6 Å². The SMILES string of the molecule is O=C(CN1CCOCC1)Nc1ccc(C(=O)NC2C/C(=C\c3ccc(F)c(F)c3)C(=O)/C(=C/c3ccc(F)c(F)c3)C2)cc1. The number of ketones is 1. The van der Waals surface area contributed by atoms with Crippen molar-refractivity contribution < 1.29 is 36.7 Å². The first-order valence-corrected chi connectivity index (χ1v) is 14.0. The first kappa shape index (κ1) is 30.8. The fourth-order valence-electron chi connectivity index (χ4n) is 5.09. The van der Waals surface area contributed by atoms with Crippen LogP contribution < -0.4 is 10.6 Å². The molecule has 1 aliphatic carbocycles. The minimum atomic E-state index is -1.08. The molecule has 2 aliphatic rings. The van der Waals surface area contributed by atoms with Crippen molar-refractivity contribution in [1.82, 2.24) is 10.2 Å². The number of hydrogen-bond donors (Lipinski definition) is 2. The number of anilines is 1. The van der Waals surface area contributed by atoms with Crippen LogP contribution in [0.1, 0.15) is 34.3 Å². The van der Waals surface area contributed by atoms with E-state index in [-0.39, 0.29) is 47.6 Å². The molecule has 2 fully saturated rings. The predicted molar refractivity (Wildman–Crippen MR) is 156 cm³/mol. The van der Waals surface area contributed by atoms with Gasteiger partial charge in [-0.05, 0) is 84.7 Å². The number of halogens is 4. The minimum absolute atomic E-state index is 0.0916. The van der Waals surface area contributed by atoms with E-state index < -0.39 is 41.0 Å². The van der Waals surface area contributed by atoms with Crippen LogP contribution >= 0.6 is 0 Å². The normalized spacial score (nSPS) is 19.3. The highest BCUT2D eigenvalue weighted by Gasteiger charge is 2.29. The molecule has 1 saturated heterocycles. The number of benzene rings is 3. The summed E-state index contributed by atoms with van der Waals surface area (Å²) in [5, 5.41) is 5.70. The molecule has 3 aromatic carbocycles. The van der Waals surface area contributed by atoms with Gasteiger partial charge in [-0.2, -0.15) is 0 Å². The molecule has 44 heavy (non-hydrogen) atoms. The topological polar surface area (TPSA) is 87.7 Å². The van der Waals surface area contributed by atoms with Crippen molar-refractivity contribution in [2.75, 3.05) is 38.2 Å². The van der Waals surface area contributed by atoms with Gasteiger partial charge in [-0.15, -0.1) is 0 Å². The highest BCUT2D eigenvalue weighted by Crippen LogP contribution is 2.29. The molecule has 0 bridgehead atoms. The lowest BCUT2D eigenvalue weighted by Gasteiger charge is -2.27. The summed E-state index contributed by atoms with van der Waals surface area (Å²) in [7, 11) is 0. The van der Waals surface area contributed by atoms with Crippen molar-refractivity contribution in [1.29, 1.82) is 0 Å². The summed E-state index contributed by atoms with van der Waals surface area (Å²) in [5.74, 6) is -5.26. The molecular formula is C33H29F4N3O4. The number of rotatable bonds is 7. The Morgan fingerprint density at radius 2 is 1.34 bits per heavy atom. The Balaban J connectivity index is 1.31. The molecule has 3 aromatic rings. The summed E-state index contributed by atoms with van der Waals surface area (Å²) in [6.07, 6.45) is 3.01. The van der Waals surface area contributed by atoms with Gasteiger partial charge >= 0.3 is 0 Å². The van der Waals surface area contributed by atoms with Gasteiger partial charge in [0.25, 0.3) is 5.91 Å². The molecule has 5 rings (SSSR count). The Morgan fingerprint density at radius 3 is 1.86 bits per heavy atom. The third kappa shape index (κ3) is 7.86. The molecule has 228 valence electrons. The third-order valence-corrected chi connectivity index (χ3v) is 7.32. The second-order valence-electron chi connectivity index (χ2n) is 10.6. The zero-order valence-electron chi connectivity index (χ0n) is 23.5. The van der Waals surface area contributed by atoms with Crippen molar-refractivity contribution in [3.8, 4) is 0 Å². The molecule has 1 aliphatic heterocycles. The van der Waals surface area contributed by atoms with Crippen LogP contribution in [0.15, 0.2) is 71.8 Å². The molecule has 2 N–H and O–H groups in total. The minimum Gasteiger partial charge on any atom is -0.379 e. The Hall–Kier alpha value is -4.61. The zero-order valence-corrected chi connectivity index (χ0v) is 23.5. The van der Waals surface area contributed by atoms with Crippen LogP contribution in [-0.2, 0) is 14.3 Å². The van der Waals surface area contributed by atoms with E-state index in [9.17, 15) is 31.9 Å². The number of carbonyl (C=O) groups is 3. The molecular weight excluding hydrogens is 578 g/mol. The monoisotopic (exact) mass is 607 g/mol. The Kier molecular flexibility index (Phi) is 9.66. The maximum atomic E-state index is 13.9. The summed E-state index contributed by atoms with van der Waals surface area (Å²) in [4.78, 5) is 40.9. The van der Waals surface area contributed by atoms with Crippen molar-refractivity contribution >= 4 is 35.4 Å². The second kappa shape index (κ2) is 13.8. The van der Waals surface area contributed by atoms with E-state index >= 15 is 0 Å². The number of morpholine rings is 1. The van der Waals surface area contributed by atoms with E-state index in [0.717, 1.165) is 24.3 Å². The van der Waals surface area contributed by atoms with Crippen molar-refractivity contribution in [3.05, 3.63) is 112 Å². The first-order valence-electron chi connectivity index (χ1n) is 14.0. The average molecular weight is 608 g/mol. The molecule has 11 heteroatoms. The Labute approximate surface area is 251 Å². The van der Waals surface area contributed by atoms with Gasteiger partial charge in [0.2, 0.25) is 5.91 Å². The van der Waals surface area contributed by atoms with E-state index in [1.165, 1.54) is 24.3 Å². The van der Waals surface area contributed by atoms with Crippen molar-refractivity contribution in [2.45, 2.75) is 18.9 Å². The highest BCUT2D eigenvalue weighted by molar-refractivity contribution is 6.14. The molecule has 0 radical (unpaired) electrons. The lowest BCUT2D eigenvalue weighted by molar-refractivity contribution is -0.118. The van der Waals surface area contributed by atoms with Crippen molar-refractivity contribution in [2.24, 2.45) is 0 Å². The summed E-state index contributed by atoms with van der Waals surface area (Å²) in [6.45, 7) is 2.74. The number of carbonyl (C=O) groups excluding carboxylic acids is 3. The Morgan fingerprint density at radius 1 is 0.795 bits per heavy atom. The van der Waals surface area contributed by atoms with Gasteiger partial charge in [0.1, 0.15) is 0 Å². The number of nitrogens with zero attached hydrogens (tertiary/aromatic N) is 1.